The maximum atomic E-state index is 13.5. The molecule has 0 fully saturated rings. The molecule has 0 atom stereocenters. The van der Waals surface area contributed by atoms with Crippen LogP contribution in [0.2, 0.25) is 0 Å². The van der Waals surface area contributed by atoms with Crippen LogP contribution in [0.1, 0.15) is 0 Å². The van der Waals surface area contributed by atoms with E-state index in [9.17, 15) is 102 Å². The van der Waals surface area contributed by atoms with Crippen molar-refractivity contribution in [1.29, 1.82) is 0 Å². The smallest absolute Gasteiger partial charge is 0.393 e. The van der Waals surface area contributed by atoms with Crippen LogP contribution in [0, 0.1) is 0 Å². The van der Waals surface area contributed by atoms with Crippen LogP contribution < -0.4 is 0 Å². The van der Waals surface area contributed by atoms with Crippen LogP contribution in [0.25, 0.3) is 0 Å². The third-order valence-electron chi connectivity index (χ3n) is 3.93. The fraction of sp³-hybridized carbons (Fsp3) is 0.714. The van der Waals surface area contributed by atoms with Crippen LogP contribution >= 0.6 is 0 Å². The minimum atomic E-state index is -9.01. The maximum absolute atomic E-state index is 13.5. The third kappa shape index (κ3) is 5.11. The topological polar surface area (TPSA) is 52.6 Å². The van der Waals surface area contributed by atoms with Gasteiger partial charge in [-0.1, -0.05) is 6.58 Å². The molecule has 0 rings (SSSR count). The maximum Gasteiger partial charge on any atom is 0.477 e. The normalized spacial score (nSPS) is 15.6. The second-order valence-corrected chi connectivity index (χ2v) is 6.57. The summed E-state index contributed by atoms with van der Waals surface area (Å²) in [5, 5.41) is 0. The van der Waals surface area contributed by atoms with Crippen molar-refractivity contribution < 1.29 is 111 Å². The molecule has 0 heterocycles. The van der Waals surface area contributed by atoms with Gasteiger partial charge < -0.3 is 9.47 Å². The molecular weight excluding hydrogens is 631 g/mol. The number of carbonyl (C=O) groups excluding carboxylic acids is 2. The number of ether oxygens (including phenoxy) is 2. The first-order valence-corrected chi connectivity index (χ1v) is 8.14. The summed E-state index contributed by atoms with van der Waals surface area (Å²) in [6.45, 7) is 2.28. The van der Waals surface area contributed by atoms with E-state index in [0.717, 1.165) is 0 Å². The van der Waals surface area contributed by atoms with Crippen molar-refractivity contribution in [2.75, 3.05) is 0 Å². The van der Waals surface area contributed by atoms with Crippen LogP contribution in [-0.2, 0) is 19.1 Å². The molecule has 0 bridgehead atoms. The van der Waals surface area contributed by atoms with Crippen molar-refractivity contribution in [3.8, 4) is 0 Å². The van der Waals surface area contributed by atoms with E-state index in [1.54, 1.807) is 0 Å². The van der Waals surface area contributed by atoms with Crippen molar-refractivity contribution in [2.45, 2.75) is 59.9 Å². The predicted molar refractivity (Wildman–Crippen MR) is 73.0 cm³/mol. The Kier molecular flexibility index (Phi) is 8.73. The summed E-state index contributed by atoms with van der Waals surface area (Å²) in [5.41, 5.74) is 0. The molecule has 0 radical (unpaired) electrons. The van der Waals surface area contributed by atoms with Crippen LogP contribution in [0.5, 0.6) is 0 Å². The molecule has 0 saturated carbocycles. The van der Waals surface area contributed by atoms with Crippen molar-refractivity contribution in [3.05, 3.63) is 12.7 Å². The first-order valence-electron chi connectivity index (χ1n) is 8.14. The Hall–Kier alpha value is -2.79. The highest BCUT2D eigenvalue weighted by Crippen LogP contribution is 2.62. The van der Waals surface area contributed by atoms with Crippen molar-refractivity contribution in [2.24, 2.45) is 0 Å². The van der Waals surface area contributed by atoms with Crippen LogP contribution in [0.15, 0.2) is 12.7 Å². The Morgan fingerprint density at radius 2 is 0.769 bits per heavy atom. The van der Waals surface area contributed by atoms with Gasteiger partial charge in [-0.2, -0.15) is 92.2 Å². The van der Waals surface area contributed by atoms with Gasteiger partial charge in [0.25, 0.3) is 0 Å². The number of hydrogen-bond acceptors (Lipinski definition) is 4. The first-order chi connectivity index (χ1) is 16.6. The van der Waals surface area contributed by atoms with Crippen LogP contribution in [0.4, 0.5) is 92.2 Å². The minimum absolute atomic E-state index is 0.455. The zero-order valence-electron chi connectivity index (χ0n) is 16.9. The van der Waals surface area contributed by atoms with Crippen LogP contribution in [-0.4, -0.2) is 71.8 Å². The standard InChI is InChI=1S/C14H3F21O4/c1-2-3(36)38-13(32,33)11(27,28)14(34,35)39-4(37)5(15,16)6(17,18)7(19,20)8(21,22)9(23,24)10(25,26)12(29,30)31/h2H,1H2. The summed E-state index contributed by atoms with van der Waals surface area (Å²) >= 11 is 0. The van der Waals surface area contributed by atoms with Crippen molar-refractivity contribution >= 4 is 11.9 Å². The van der Waals surface area contributed by atoms with E-state index in [-0.39, 0.29) is 0 Å². The average Bonchev–Trinajstić information content (AvgIpc) is 2.70. The second-order valence-electron chi connectivity index (χ2n) is 6.57. The Labute approximate surface area is 197 Å². The molecule has 0 aliphatic rings. The number of rotatable bonds is 11. The molecule has 0 saturated heterocycles. The molecule has 0 spiro atoms. The molecule has 0 N–H and O–H groups in total. The molecule has 25 heteroatoms. The molecule has 0 aliphatic carbocycles. The lowest BCUT2D eigenvalue weighted by Gasteiger charge is -2.41. The van der Waals surface area contributed by atoms with Gasteiger partial charge in [-0.15, -0.1) is 0 Å². The van der Waals surface area contributed by atoms with Gasteiger partial charge >= 0.3 is 71.8 Å². The highest BCUT2D eigenvalue weighted by Gasteiger charge is 2.94. The Balaban J connectivity index is 6.67. The molecule has 0 unspecified atom stereocenters. The molecular formula is C14H3F21O4. The first kappa shape index (κ1) is 36.2. The van der Waals surface area contributed by atoms with Gasteiger partial charge in [0.2, 0.25) is 0 Å². The van der Waals surface area contributed by atoms with Gasteiger partial charge in [0.05, 0.1) is 0 Å². The molecule has 0 aliphatic heterocycles. The largest absolute Gasteiger partial charge is 0.477 e. The lowest BCUT2D eigenvalue weighted by Crippen LogP contribution is -2.73. The number of hydrogen-bond donors (Lipinski definition) is 0. The zero-order valence-corrected chi connectivity index (χ0v) is 16.9. The quantitative estimate of drug-likeness (QED) is 0.149. The molecule has 0 aromatic rings. The number of carbonyl (C=O) groups is 2. The Bertz CT molecular complexity index is 962. The van der Waals surface area contributed by atoms with E-state index in [4.69, 9.17) is 0 Å². The summed E-state index contributed by atoms with van der Waals surface area (Å²) in [7, 11) is 0. The zero-order chi connectivity index (χ0) is 32.3. The fourth-order valence-electron chi connectivity index (χ4n) is 1.74. The van der Waals surface area contributed by atoms with E-state index in [1.807, 2.05) is 0 Å². The summed E-state index contributed by atoms with van der Waals surface area (Å²) in [6, 6.07) is 0. The highest BCUT2D eigenvalue weighted by molar-refractivity contribution is 5.81. The number of esters is 2. The van der Waals surface area contributed by atoms with E-state index in [1.165, 1.54) is 4.74 Å². The molecule has 230 valence electrons. The Morgan fingerprint density at radius 1 is 0.462 bits per heavy atom. The van der Waals surface area contributed by atoms with E-state index in [2.05, 4.69) is 11.3 Å². The van der Waals surface area contributed by atoms with Gasteiger partial charge in [-0.3, -0.25) is 0 Å². The lowest BCUT2D eigenvalue weighted by molar-refractivity contribution is -0.454. The molecule has 4 nitrogen and oxygen atoms in total. The third-order valence-corrected chi connectivity index (χ3v) is 3.93. The Morgan fingerprint density at radius 3 is 1.10 bits per heavy atom. The van der Waals surface area contributed by atoms with Gasteiger partial charge in [-0.05, 0) is 0 Å². The average molecular weight is 634 g/mol. The molecule has 0 aromatic carbocycles. The second kappa shape index (κ2) is 9.40. The van der Waals surface area contributed by atoms with Crippen molar-refractivity contribution in [1.82, 2.24) is 0 Å². The summed E-state index contributed by atoms with van der Waals surface area (Å²) < 4.78 is 277. The van der Waals surface area contributed by atoms with Gasteiger partial charge in [0.15, 0.2) is 0 Å². The van der Waals surface area contributed by atoms with Gasteiger partial charge in [0, 0.05) is 6.08 Å². The van der Waals surface area contributed by atoms with E-state index >= 15 is 0 Å². The van der Waals surface area contributed by atoms with Crippen LogP contribution in [0.3, 0.4) is 0 Å². The SMILES string of the molecule is C=CC(=O)OC(F)(F)C(F)(F)C(F)(F)OC(=O)C(F)(F)C(F)(F)C(F)(F)C(F)(F)C(F)(F)C(F)(F)C(F)(F)F. The highest BCUT2D eigenvalue weighted by atomic mass is 19.4. The van der Waals surface area contributed by atoms with E-state index < -0.39 is 77.9 Å². The summed E-state index contributed by atoms with van der Waals surface area (Å²) in [5.74, 6) is -68.1. The van der Waals surface area contributed by atoms with E-state index in [0.29, 0.717) is 0 Å². The molecule has 0 amide bonds. The number of halogens is 21. The van der Waals surface area contributed by atoms with Crippen molar-refractivity contribution in [3.63, 3.8) is 0 Å². The van der Waals surface area contributed by atoms with Gasteiger partial charge in [0.1, 0.15) is 0 Å². The molecule has 39 heavy (non-hydrogen) atoms. The summed E-state index contributed by atoms with van der Waals surface area (Å²) in [6.07, 6.45) is -23.1. The molecule has 0 aromatic heterocycles. The monoisotopic (exact) mass is 634 g/mol. The predicted octanol–water partition coefficient (Wildman–Crippen LogP) is 6.45. The minimum Gasteiger partial charge on any atom is -0.393 e. The fourth-order valence-corrected chi connectivity index (χ4v) is 1.74. The number of alkyl halides is 21. The lowest BCUT2D eigenvalue weighted by atomic mass is 9.91. The summed E-state index contributed by atoms with van der Waals surface area (Å²) in [4.78, 5) is 21.3. The van der Waals surface area contributed by atoms with Gasteiger partial charge in [-0.25, -0.2) is 9.59 Å².